The summed E-state index contributed by atoms with van der Waals surface area (Å²) in [5.41, 5.74) is 6.38. The molecule has 0 spiro atoms. The SMILES string of the molecule is CC(C)c1[nH]c(=O)[nH]c1C(O)CCN. The summed E-state index contributed by atoms with van der Waals surface area (Å²) in [4.78, 5) is 16.3. The van der Waals surface area contributed by atoms with E-state index in [1.807, 2.05) is 13.8 Å². The van der Waals surface area contributed by atoms with E-state index in [1.54, 1.807) is 0 Å². The molecule has 0 fully saturated rings. The number of hydrogen-bond acceptors (Lipinski definition) is 3. The smallest absolute Gasteiger partial charge is 0.323 e. The molecule has 0 aromatic carbocycles. The average molecular weight is 199 g/mol. The predicted octanol–water partition coefficient (Wildman–Crippen LogP) is 0.209. The zero-order valence-electron chi connectivity index (χ0n) is 8.50. The highest BCUT2D eigenvalue weighted by atomic mass is 16.3. The zero-order chi connectivity index (χ0) is 10.7. The van der Waals surface area contributed by atoms with Crippen molar-refractivity contribution < 1.29 is 5.11 Å². The van der Waals surface area contributed by atoms with Crippen LogP contribution in [-0.2, 0) is 0 Å². The van der Waals surface area contributed by atoms with Crippen molar-refractivity contribution in [1.82, 2.24) is 9.97 Å². The number of imidazole rings is 1. The van der Waals surface area contributed by atoms with Crippen LogP contribution in [0.3, 0.4) is 0 Å². The molecular formula is C9H17N3O2. The molecule has 5 heteroatoms. The zero-order valence-corrected chi connectivity index (χ0v) is 8.50. The quantitative estimate of drug-likeness (QED) is 0.558. The predicted molar refractivity (Wildman–Crippen MR) is 54.1 cm³/mol. The van der Waals surface area contributed by atoms with Crippen LogP contribution < -0.4 is 11.4 Å². The molecule has 0 saturated heterocycles. The maximum absolute atomic E-state index is 11.1. The summed E-state index contributed by atoms with van der Waals surface area (Å²) in [5, 5.41) is 9.69. The standard InChI is InChI=1S/C9H17N3O2/c1-5(2)7-8(6(13)3-4-10)12-9(14)11-7/h5-6,13H,3-4,10H2,1-2H3,(H2,11,12,14). The van der Waals surface area contributed by atoms with Crippen molar-refractivity contribution in [2.45, 2.75) is 32.3 Å². The van der Waals surface area contributed by atoms with Crippen LogP contribution in [0.2, 0.25) is 0 Å². The Morgan fingerprint density at radius 2 is 1.93 bits per heavy atom. The van der Waals surface area contributed by atoms with Gasteiger partial charge < -0.3 is 20.8 Å². The molecule has 0 aliphatic carbocycles. The summed E-state index contributed by atoms with van der Waals surface area (Å²) >= 11 is 0. The van der Waals surface area contributed by atoms with Gasteiger partial charge in [-0.25, -0.2) is 4.79 Å². The van der Waals surface area contributed by atoms with Crippen LogP contribution >= 0.6 is 0 Å². The van der Waals surface area contributed by atoms with E-state index in [2.05, 4.69) is 9.97 Å². The van der Waals surface area contributed by atoms with Crippen molar-refractivity contribution in [2.24, 2.45) is 5.73 Å². The van der Waals surface area contributed by atoms with Gasteiger partial charge in [-0.3, -0.25) is 0 Å². The van der Waals surface area contributed by atoms with E-state index in [0.717, 1.165) is 5.69 Å². The second-order valence-electron chi connectivity index (χ2n) is 3.65. The van der Waals surface area contributed by atoms with Gasteiger partial charge in [-0.15, -0.1) is 0 Å². The lowest BCUT2D eigenvalue weighted by Gasteiger charge is -2.11. The lowest BCUT2D eigenvalue weighted by molar-refractivity contribution is 0.164. The molecule has 1 aromatic heterocycles. The third-order valence-electron chi connectivity index (χ3n) is 2.14. The third kappa shape index (κ3) is 2.24. The van der Waals surface area contributed by atoms with Crippen LogP contribution in [0.15, 0.2) is 4.79 Å². The highest BCUT2D eigenvalue weighted by Crippen LogP contribution is 2.21. The molecular weight excluding hydrogens is 182 g/mol. The van der Waals surface area contributed by atoms with E-state index in [-0.39, 0.29) is 11.6 Å². The summed E-state index contributed by atoms with van der Waals surface area (Å²) < 4.78 is 0. The maximum atomic E-state index is 11.1. The summed E-state index contributed by atoms with van der Waals surface area (Å²) in [7, 11) is 0. The average Bonchev–Trinajstić information content (AvgIpc) is 2.48. The third-order valence-corrected chi connectivity index (χ3v) is 2.14. The number of aromatic amines is 2. The minimum Gasteiger partial charge on any atom is -0.387 e. The molecule has 80 valence electrons. The summed E-state index contributed by atoms with van der Waals surface area (Å²) in [6, 6.07) is 0. The molecule has 1 rings (SSSR count). The van der Waals surface area contributed by atoms with Crippen molar-refractivity contribution in [3.05, 3.63) is 21.9 Å². The number of hydrogen-bond donors (Lipinski definition) is 4. The summed E-state index contributed by atoms with van der Waals surface area (Å²) in [5.74, 6) is 0.177. The first-order chi connectivity index (χ1) is 6.56. The van der Waals surface area contributed by atoms with Gasteiger partial charge >= 0.3 is 5.69 Å². The second kappa shape index (κ2) is 4.43. The van der Waals surface area contributed by atoms with Gasteiger partial charge in [0.15, 0.2) is 0 Å². The Morgan fingerprint density at radius 1 is 1.36 bits per heavy atom. The Bertz CT molecular complexity index is 340. The first kappa shape index (κ1) is 11.0. The Labute approximate surface area is 82.3 Å². The molecule has 0 aliphatic rings. The number of aliphatic hydroxyl groups excluding tert-OH is 1. The molecule has 0 bridgehead atoms. The van der Waals surface area contributed by atoms with E-state index >= 15 is 0 Å². The van der Waals surface area contributed by atoms with E-state index in [1.165, 1.54) is 0 Å². The van der Waals surface area contributed by atoms with Gasteiger partial charge in [0.1, 0.15) is 0 Å². The minimum absolute atomic E-state index is 0.177. The molecule has 1 atom stereocenters. The topological polar surface area (TPSA) is 94.9 Å². The van der Waals surface area contributed by atoms with Crippen molar-refractivity contribution in [3.8, 4) is 0 Å². The van der Waals surface area contributed by atoms with Gasteiger partial charge in [0.2, 0.25) is 0 Å². The molecule has 0 saturated carbocycles. The minimum atomic E-state index is -0.684. The number of H-pyrrole nitrogens is 2. The largest absolute Gasteiger partial charge is 0.387 e. The maximum Gasteiger partial charge on any atom is 0.323 e. The van der Waals surface area contributed by atoms with Crippen molar-refractivity contribution in [2.75, 3.05) is 6.54 Å². The fourth-order valence-corrected chi connectivity index (χ4v) is 1.43. The summed E-state index contributed by atoms with van der Waals surface area (Å²) in [6.45, 7) is 4.31. The molecule has 0 radical (unpaired) electrons. The first-order valence-electron chi connectivity index (χ1n) is 4.76. The first-order valence-corrected chi connectivity index (χ1v) is 4.76. The fourth-order valence-electron chi connectivity index (χ4n) is 1.43. The number of aliphatic hydroxyl groups is 1. The number of nitrogens with one attached hydrogen (secondary N) is 2. The van der Waals surface area contributed by atoms with Gasteiger partial charge in [0, 0.05) is 5.69 Å². The van der Waals surface area contributed by atoms with Crippen LogP contribution in [0.25, 0.3) is 0 Å². The Hall–Kier alpha value is -1.07. The molecule has 1 heterocycles. The van der Waals surface area contributed by atoms with Gasteiger partial charge in [0.25, 0.3) is 0 Å². The van der Waals surface area contributed by atoms with E-state index in [9.17, 15) is 9.90 Å². The Kier molecular flexibility index (Phi) is 3.49. The van der Waals surface area contributed by atoms with Crippen molar-refractivity contribution in [1.29, 1.82) is 0 Å². The van der Waals surface area contributed by atoms with Gasteiger partial charge in [-0.2, -0.15) is 0 Å². The number of nitrogens with two attached hydrogens (primary N) is 1. The molecule has 0 aliphatic heterocycles. The van der Waals surface area contributed by atoms with Crippen LogP contribution in [0.5, 0.6) is 0 Å². The van der Waals surface area contributed by atoms with E-state index < -0.39 is 6.10 Å². The second-order valence-corrected chi connectivity index (χ2v) is 3.65. The molecule has 5 nitrogen and oxygen atoms in total. The normalized spacial score (nSPS) is 13.5. The lowest BCUT2D eigenvalue weighted by atomic mass is 10.0. The highest BCUT2D eigenvalue weighted by molar-refractivity contribution is 5.17. The number of aromatic nitrogens is 2. The fraction of sp³-hybridized carbons (Fsp3) is 0.667. The van der Waals surface area contributed by atoms with Crippen LogP contribution in [0.4, 0.5) is 0 Å². The van der Waals surface area contributed by atoms with E-state index in [4.69, 9.17) is 5.73 Å². The molecule has 14 heavy (non-hydrogen) atoms. The van der Waals surface area contributed by atoms with Crippen LogP contribution in [-0.4, -0.2) is 21.6 Å². The van der Waals surface area contributed by atoms with Crippen molar-refractivity contribution in [3.63, 3.8) is 0 Å². The van der Waals surface area contributed by atoms with Gasteiger partial charge in [0.05, 0.1) is 11.8 Å². The van der Waals surface area contributed by atoms with Gasteiger partial charge in [-0.05, 0) is 18.9 Å². The molecule has 5 N–H and O–H groups in total. The Morgan fingerprint density at radius 3 is 2.43 bits per heavy atom. The molecule has 1 aromatic rings. The molecule has 0 amide bonds. The molecule has 1 unspecified atom stereocenters. The number of rotatable bonds is 4. The van der Waals surface area contributed by atoms with Crippen LogP contribution in [0.1, 0.15) is 43.7 Å². The monoisotopic (exact) mass is 199 g/mol. The Balaban J connectivity index is 3.00. The lowest BCUT2D eigenvalue weighted by Crippen LogP contribution is -2.10. The van der Waals surface area contributed by atoms with E-state index in [0.29, 0.717) is 18.7 Å². The van der Waals surface area contributed by atoms with Gasteiger partial charge in [-0.1, -0.05) is 13.8 Å². The van der Waals surface area contributed by atoms with Crippen LogP contribution in [0, 0.1) is 0 Å². The summed E-state index contributed by atoms with van der Waals surface area (Å²) in [6.07, 6.45) is -0.232. The highest BCUT2D eigenvalue weighted by Gasteiger charge is 2.17. The van der Waals surface area contributed by atoms with Crippen molar-refractivity contribution >= 4 is 0 Å².